The van der Waals surface area contributed by atoms with Crippen molar-refractivity contribution in [2.45, 2.75) is 20.3 Å². The van der Waals surface area contributed by atoms with E-state index in [0.29, 0.717) is 30.4 Å². The molecule has 0 bridgehead atoms. The minimum Gasteiger partial charge on any atom is -0.493 e. The number of aliphatic carboxylic acids is 1. The van der Waals surface area contributed by atoms with E-state index >= 15 is 0 Å². The van der Waals surface area contributed by atoms with Crippen LogP contribution in [0.2, 0.25) is 0 Å². The van der Waals surface area contributed by atoms with E-state index in [2.05, 4.69) is 19.2 Å². The van der Waals surface area contributed by atoms with Crippen molar-refractivity contribution in [1.29, 1.82) is 0 Å². The highest BCUT2D eigenvalue weighted by Crippen LogP contribution is 2.39. The molecule has 5 nitrogen and oxygen atoms in total. The van der Waals surface area contributed by atoms with Gasteiger partial charge in [-0.05, 0) is 24.5 Å². The van der Waals surface area contributed by atoms with E-state index in [-0.39, 0.29) is 5.91 Å². The SMILES string of the molecule is CC(C)COc1cccc(NC(=O)[C@@H]2C[C@@H]2C(=O)O)c1. The summed E-state index contributed by atoms with van der Waals surface area (Å²) < 4.78 is 5.58. The summed E-state index contributed by atoms with van der Waals surface area (Å²) in [6.45, 7) is 4.73. The zero-order valence-corrected chi connectivity index (χ0v) is 11.6. The molecule has 0 aromatic heterocycles. The van der Waals surface area contributed by atoms with Crippen molar-refractivity contribution in [1.82, 2.24) is 0 Å². The minimum absolute atomic E-state index is 0.238. The van der Waals surface area contributed by atoms with Crippen molar-refractivity contribution in [2.75, 3.05) is 11.9 Å². The third kappa shape index (κ3) is 3.73. The summed E-state index contributed by atoms with van der Waals surface area (Å²) in [5.41, 5.74) is 0.632. The zero-order valence-electron chi connectivity index (χ0n) is 11.6. The molecule has 0 spiro atoms. The van der Waals surface area contributed by atoms with Gasteiger partial charge in [-0.2, -0.15) is 0 Å². The topological polar surface area (TPSA) is 75.6 Å². The van der Waals surface area contributed by atoms with Crippen molar-refractivity contribution in [2.24, 2.45) is 17.8 Å². The first-order chi connectivity index (χ1) is 9.47. The molecule has 2 rings (SSSR count). The van der Waals surface area contributed by atoms with Gasteiger partial charge in [0.15, 0.2) is 0 Å². The van der Waals surface area contributed by atoms with Crippen LogP contribution in [0.4, 0.5) is 5.69 Å². The van der Waals surface area contributed by atoms with Crippen LogP contribution >= 0.6 is 0 Å². The van der Waals surface area contributed by atoms with Crippen LogP contribution in [-0.2, 0) is 9.59 Å². The van der Waals surface area contributed by atoms with Crippen LogP contribution in [0.3, 0.4) is 0 Å². The van der Waals surface area contributed by atoms with E-state index in [0.717, 1.165) is 0 Å². The highest BCUT2D eigenvalue weighted by Gasteiger charge is 2.48. The Bertz CT molecular complexity index is 512. The molecule has 20 heavy (non-hydrogen) atoms. The second-order valence-electron chi connectivity index (χ2n) is 5.51. The van der Waals surface area contributed by atoms with E-state index in [9.17, 15) is 9.59 Å². The summed E-state index contributed by atoms with van der Waals surface area (Å²) >= 11 is 0. The molecular formula is C15H19NO4. The van der Waals surface area contributed by atoms with Gasteiger partial charge in [0, 0.05) is 11.8 Å². The average Bonchev–Trinajstić information content (AvgIpc) is 3.17. The summed E-state index contributed by atoms with van der Waals surface area (Å²) in [4.78, 5) is 22.6. The van der Waals surface area contributed by atoms with Crippen LogP contribution in [0.5, 0.6) is 5.75 Å². The molecule has 0 unspecified atom stereocenters. The van der Waals surface area contributed by atoms with Gasteiger partial charge in [-0.3, -0.25) is 9.59 Å². The van der Waals surface area contributed by atoms with Gasteiger partial charge < -0.3 is 15.2 Å². The molecule has 0 saturated heterocycles. The smallest absolute Gasteiger partial charge is 0.307 e. The quantitative estimate of drug-likeness (QED) is 0.837. The van der Waals surface area contributed by atoms with Crippen LogP contribution in [-0.4, -0.2) is 23.6 Å². The number of benzene rings is 1. The van der Waals surface area contributed by atoms with E-state index in [1.54, 1.807) is 18.2 Å². The highest BCUT2D eigenvalue weighted by molar-refractivity contribution is 5.98. The molecule has 108 valence electrons. The fourth-order valence-corrected chi connectivity index (χ4v) is 1.92. The normalized spacial score (nSPS) is 20.6. The van der Waals surface area contributed by atoms with Gasteiger partial charge in [0.25, 0.3) is 0 Å². The third-order valence-electron chi connectivity index (χ3n) is 3.13. The summed E-state index contributed by atoms with van der Waals surface area (Å²) in [5, 5.41) is 11.5. The Hall–Kier alpha value is -2.04. The Morgan fingerprint density at radius 3 is 2.75 bits per heavy atom. The Morgan fingerprint density at radius 2 is 2.15 bits per heavy atom. The lowest BCUT2D eigenvalue weighted by atomic mass is 10.2. The first-order valence-corrected chi connectivity index (χ1v) is 6.74. The number of anilines is 1. The summed E-state index contributed by atoms with van der Waals surface area (Å²) in [5.74, 6) is -0.959. The van der Waals surface area contributed by atoms with Gasteiger partial charge in [0.05, 0.1) is 18.4 Å². The van der Waals surface area contributed by atoms with E-state index in [4.69, 9.17) is 9.84 Å². The average molecular weight is 277 g/mol. The number of amides is 1. The molecular weight excluding hydrogens is 258 g/mol. The van der Waals surface area contributed by atoms with Crippen LogP contribution < -0.4 is 10.1 Å². The van der Waals surface area contributed by atoms with Crippen molar-refractivity contribution in [3.8, 4) is 5.75 Å². The number of carbonyl (C=O) groups excluding carboxylic acids is 1. The molecule has 2 N–H and O–H groups in total. The lowest BCUT2D eigenvalue weighted by Crippen LogP contribution is -2.16. The fraction of sp³-hybridized carbons (Fsp3) is 0.467. The summed E-state index contributed by atoms with van der Waals surface area (Å²) in [6.07, 6.45) is 0.421. The number of hydrogen-bond donors (Lipinski definition) is 2. The lowest BCUT2D eigenvalue weighted by molar-refractivity contribution is -0.139. The first kappa shape index (κ1) is 14.4. The molecule has 1 fully saturated rings. The third-order valence-corrected chi connectivity index (χ3v) is 3.13. The molecule has 0 aliphatic heterocycles. The number of carbonyl (C=O) groups is 2. The first-order valence-electron chi connectivity index (χ1n) is 6.74. The Kier molecular flexibility index (Phi) is 4.27. The monoisotopic (exact) mass is 277 g/mol. The summed E-state index contributed by atoms with van der Waals surface area (Å²) in [7, 11) is 0. The Labute approximate surface area is 117 Å². The Morgan fingerprint density at radius 1 is 1.40 bits per heavy atom. The lowest BCUT2D eigenvalue weighted by Gasteiger charge is -2.10. The fourth-order valence-electron chi connectivity index (χ4n) is 1.92. The summed E-state index contributed by atoms with van der Waals surface area (Å²) in [6, 6.07) is 7.14. The standard InChI is InChI=1S/C15H19NO4/c1-9(2)8-20-11-5-3-4-10(6-11)16-14(17)12-7-13(12)15(18)19/h3-6,9,12-13H,7-8H2,1-2H3,(H,16,17)(H,18,19)/t12-,13+/m1/s1. The number of ether oxygens (including phenoxy) is 1. The number of carboxylic acids is 1. The molecule has 1 aromatic carbocycles. The Balaban J connectivity index is 1.91. The molecule has 1 saturated carbocycles. The van der Waals surface area contributed by atoms with Crippen LogP contribution in [0.15, 0.2) is 24.3 Å². The molecule has 1 aromatic rings. The molecule has 1 aliphatic carbocycles. The zero-order chi connectivity index (χ0) is 14.7. The van der Waals surface area contributed by atoms with Crippen molar-refractivity contribution >= 4 is 17.6 Å². The van der Waals surface area contributed by atoms with E-state index in [1.807, 2.05) is 6.07 Å². The predicted molar refractivity (Wildman–Crippen MR) is 74.6 cm³/mol. The predicted octanol–water partition coefficient (Wildman–Crippen LogP) is 2.38. The van der Waals surface area contributed by atoms with E-state index < -0.39 is 17.8 Å². The van der Waals surface area contributed by atoms with Crippen LogP contribution in [0.1, 0.15) is 20.3 Å². The van der Waals surface area contributed by atoms with Crippen molar-refractivity contribution in [3.05, 3.63) is 24.3 Å². The van der Waals surface area contributed by atoms with E-state index in [1.165, 1.54) is 0 Å². The second-order valence-corrected chi connectivity index (χ2v) is 5.51. The van der Waals surface area contributed by atoms with Crippen molar-refractivity contribution in [3.63, 3.8) is 0 Å². The molecule has 1 aliphatic rings. The van der Waals surface area contributed by atoms with Crippen molar-refractivity contribution < 1.29 is 19.4 Å². The van der Waals surface area contributed by atoms with Gasteiger partial charge in [-0.15, -0.1) is 0 Å². The molecule has 5 heteroatoms. The van der Waals surface area contributed by atoms with Crippen LogP contribution in [0, 0.1) is 17.8 Å². The van der Waals surface area contributed by atoms with Gasteiger partial charge in [-0.1, -0.05) is 19.9 Å². The van der Waals surface area contributed by atoms with Gasteiger partial charge in [-0.25, -0.2) is 0 Å². The molecule has 1 amide bonds. The number of carboxylic acid groups (broad SMARTS) is 1. The number of hydrogen-bond acceptors (Lipinski definition) is 3. The maximum Gasteiger partial charge on any atom is 0.307 e. The molecule has 0 heterocycles. The maximum absolute atomic E-state index is 11.9. The number of nitrogens with one attached hydrogen (secondary N) is 1. The second kappa shape index (κ2) is 5.94. The highest BCUT2D eigenvalue weighted by atomic mass is 16.5. The number of rotatable bonds is 6. The van der Waals surface area contributed by atoms with Gasteiger partial charge in [0.1, 0.15) is 5.75 Å². The molecule has 0 radical (unpaired) electrons. The largest absolute Gasteiger partial charge is 0.493 e. The maximum atomic E-state index is 11.9. The van der Waals surface area contributed by atoms with Gasteiger partial charge in [0.2, 0.25) is 5.91 Å². The van der Waals surface area contributed by atoms with Crippen LogP contribution in [0.25, 0.3) is 0 Å². The molecule has 2 atom stereocenters. The van der Waals surface area contributed by atoms with Gasteiger partial charge >= 0.3 is 5.97 Å². The minimum atomic E-state index is -0.904.